The number of rotatable bonds is 5. The Hall–Kier alpha value is -0.760. The summed E-state index contributed by atoms with van der Waals surface area (Å²) < 4.78 is 0. The maximum atomic E-state index is 5.77. The molecule has 14 heavy (non-hydrogen) atoms. The Kier molecular flexibility index (Phi) is 3.25. The maximum Gasteiger partial charge on any atom is 0.131 e. The Labute approximate surface area is 89.7 Å². The first-order valence-electron chi connectivity index (χ1n) is 5.20. The highest BCUT2D eigenvalue weighted by atomic mass is 35.5. The molecule has 0 atom stereocenters. The van der Waals surface area contributed by atoms with Crippen LogP contribution < -0.4 is 5.32 Å². The smallest absolute Gasteiger partial charge is 0.131 e. The molecule has 0 bridgehead atoms. The Bertz CT molecular complexity index is 297. The lowest BCUT2D eigenvalue weighted by Crippen LogP contribution is -2.01. The molecule has 0 aromatic carbocycles. The third-order valence-electron chi connectivity index (χ3n) is 2.54. The lowest BCUT2D eigenvalue weighted by Gasteiger charge is -2.05. The number of hydrogen-bond donors (Lipinski definition) is 1. The molecule has 76 valence electrons. The van der Waals surface area contributed by atoms with E-state index in [0.29, 0.717) is 5.15 Å². The number of hydrogen-bond acceptors (Lipinski definition) is 2. The number of nitrogens with zero attached hydrogens (tertiary/aromatic N) is 1. The molecule has 0 radical (unpaired) electrons. The van der Waals surface area contributed by atoms with E-state index < -0.39 is 0 Å². The second-order valence-corrected chi connectivity index (χ2v) is 4.27. The predicted octanol–water partition coefficient (Wildman–Crippen LogP) is 3.34. The summed E-state index contributed by atoms with van der Waals surface area (Å²) in [5.74, 6) is 1.03. The van der Waals surface area contributed by atoms with E-state index in [2.05, 4.69) is 10.3 Å². The van der Waals surface area contributed by atoms with Crippen LogP contribution in [-0.2, 0) is 0 Å². The zero-order chi connectivity index (χ0) is 9.80. The van der Waals surface area contributed by atoms with Gasteiger partial charge in [-0.05, 0) is 30.9 Å². The number of nitrogens with one attached hydrogen (secondary N) is 1. The van der Waals surface area contributed by atoms with Crippen molar-refractivity contribution in [1.29, 1.82) is 0 Å². The molecule has 1 aromatic rings. The highest BCUT2D eigenvalue weighted by Crippen LogP contribution is 2.33. The molecule has 1 fully saturated rings. The summed E-state index contributed by atoms with van der Waals surface area (Å²) in [4.78, 5) is 3.93. The molecule has 0 saturated heterocycles. The van der Waals surface area contributed by atoms with Gasteiger partial charge >= 0.3 is 0 Å². The number of pyridine rings is 1. The molecule has 1 saturated carbocycles. The third-order valence-corrected chi connectivity index (χ3v) is 2.75. The quantitative estimate of drug-likeness (QED) is 0.596. The Morgan fingerprint density at radius 3 is 3.07 bits per heavy atom. The van der Waals surface area contributed by atoms with Gasteiger partial charge < -0.3 is 5.32 Å². The zero-order valence-electron chi connectivity index (χ0n) is 8.17. The van der Waals surface area contributed by atoms with E-state index in [0.717, 1.165) is 18.2 Å². The van der Waals surface area contributed by atoms with Crippen molar-refractivity contribution >= 4 is 17.3 Å². The second-order valence-electron chi connectivity index (χ2n) is 3.88. The van der Waals surface area contributed by atoms with Crippen LogP contribution in [-0.4, -0.2) is 11.5 Å². The Morgan fingerprint density at radius 1 is 1.50 bits per heavy atom. The number of halogens is 1. The molecule has 0 unspecified atom stereocenters. The van der Waals surface area contributed by atoms with Crippen LogP contribution in [0.15, 0.2) is 18.3 Å². The van der Waals surface area contributed by atoms with Crippen molar-refractivity contribution in [2.45, 2.75) is 25.7 Å². The molecular formula is C11H15ClN2. The van der Waals surface area contributed by atoms with Gasteiger partial charge in [0.05, 0.1) is 0 Å². The van der Waals surface area contributed by atoms with Crippen molar-refractivity contribution in [3.63, 3.8) is 0 Å². The molecule has 1 heterocycles. The SMILES string of the molecule is Clc1cc(NCCCC2CC2)ccn1. The first-order valence-corrected chi connectivity index (χ1v) is 5.58. The van der Waals surface area contributed by atoms with Crippen LogP contribution in [0.2, 0.25) is 5.15 Å². The summed E-state index contributed by atoms with van der Waals surface area (Å²) in [6, 6.07) is 3.81. The van der Waals surface area contributed by atoms with Gasteiger partial charge in [-0.2, -0.15) is 0 Å². The second kappa shape index (κ2) is 4.65. The van der Waals surface area contributed by atoms with Gasteiger partial charge in [0.1, 0.15) is 5.15 Å². The summed E-state index contributed by atoms with van der Waals surface area (Å²) in [6.07, 6.45) is 7.24. The van der Waals surface area contributed by atoms with Crippen LogP contribution >= 0.6 is 11.6 Å². The minimum absolute atomic E-state index is 0.553. The van der Waals surface area contributed by atoms with Crippen LogP contribution in [0.1, 0.15) is 25.7 Å². The fraction of sp³-hybridized carbons (Fsp3) is 0.545. The van der Waals surface area contributed by atoms with E-state index in [-0.39, 0.29) is 0 Å². The van der Waals surface area contributed by atoms with Gasteiger partial charge in [0.15, 0.2) is 0 Å². The van der Waals surface area contributed by atoms with Gasteiger partial charge in [-0.1, -0.05) is 24.4 Å². The summed E-state index contributed by atoms with van der Waals surface area (Å²) in [5, 5.41) is 3.90. The normalized spacial score (nSPS) is 15.5. The van der Waals surface area contributed by atoms with Gasteiger partial charge in [0.2, 0.25) is 0 Å². The van der Waals surface area contributed by atoms with Crippen molar-refractivity contribution in [3.8, 4) is 0 Å². The standard InChI is InChI=1S/C11H15ClN2/c12-11-8-10(5-7-14-11)13-6-1-2-9-3-4-9/h5,7-9H,1-4,6H2,(H,13,14). The van der Waals surface area contributed by atoms with E-state index in [4.69, 9.17) is 11.6 Å². The molecule has 0 spiro atoms. The fourth-order valence-electron chi connectivity index (χ4n) is 1.54. The average molecular weight is 211 g/mol. The van der Waals surface area contributed by atoms with Gasteiger partial charge in [-0.15, -0.1) is 0 Å². The third kappa shape index (κ3) is 3.18. The first-order chi connectivity index (χ1) is 6.84. The minimum Gasteiger partial charge on any atom is -0.385 e. The highest BCUT2D eigenvalue weighted by Gasteiger charge is 2.19. The predicted molar refractivity (Wildman–Crippen MR) is 59.7 cm³/mol. The molecule has 2 nitrogen and oxygen atoms in total. The molecule has 3 heteroatoms. The summed E-state index contributed by atoms with van der Waals surface area (Å²) >= 11 is 5.77. The summed E-state index contributed by atoms with van der Waals surface area (Å²) in [7, 11) is 0. The molecule has 1 aromatic heterocycles. The van der Waals surface area contributed by atoms with Gasteiger partial charge in [-0.3, -0.25) is 0 Å². The largest absolute Gasteiger partial charge is 0.385 e. The number of anilines is 1. The molecule has 1 aliphatic carbocycles. The van der Waals surface area contributed by atoms with Crippen molar-refractivity contribution in [2.75, 3.05) is 11.9 Å². The van der Waals surface area contributed by atoms with E-state index >= 15 is 0 Å². The minimum atomic E-state index is 0.553. The van der Waals surface area contributed by atoms with Crippen LogP contribution in [0.3, 0.4) is 0 Å². The van der Waals surface area contributed by atoms with Gasteiger partial charge in [0, 0.05) is 18.4 Å². The van der Waals surface area contributed by atoms with E-state index in [1.165, 1.54) is 25.7 Å². The molecule has 2 rings (SSSR count). The highest BCUT2D eigenvalue weighted by molar-refractivity contribution is 6.29. The lowest BCUT2D eigenvalue weighted by atomic mass is 10.2. The maximum absolute atomic E-state index is 5.77. The van der Waals surface area contributed by atoms with Crippen LogP contribution in [0.4, 0.5) is 5.69 Å². The molecule has 1 aliphatic rings. The van der Waals surface area contributed by atoms with Crippen molar-refractivity contribution < 1.29 is 0 Å². The molecule has 1 N–H and O–H groups in total. The van der Waals surface area contributed by atoms with Gasteiger partial charge in [0.25, 0.3) is 0 Å². The fourth-order valence-corrected chi connectivity index (χ4v) is 1.72. The molecule has 0 amide bonds. The summed E-state index contributed by atoms with van der Waals surface area (Å²) in [5.41, 5.74) is 1.07. The monoisotopic (exact) mass is 210 g/mol. The lowest BCUT2D eigenvalue weighted by molar-refractivity contribution is 0.687. The Morgan fingerprint density at radius 2 is 2.36 bits per heavy atom. The van der Waals surface area contributed by atoms with Crippen molar-refractivity contribution in [2.24, 2.45) is 5.92 Å². The van der Waals surface area contributed by atoms with Crippen molar-refractivity contribution in [3.05, 3.63) is 23.5 Å². The summed E-state index contributed by atoms with van der Waals surface area (Å²) in [6.45, 7) is 1.04. The average Bonchev–Trinajstić information content (AvgIpc) is 2.96. The van der Waals surface area contributed by atoms with E-state index in [9.17, 15) is 0 Å². The van der Waals surface area contributed by atoms with Crippen LogP contribution in [0.5, 0.6) is 0 Å². The van der Waals surface area contributed by atoms with Gasteiger partial charge in [-0.25, -0.2) is 4.98 Å². The number of aromatic nitrogens is 1. The molecule has 0 aliphatic heterocycles. The topological polar surface area (TPSA) is 24.9 Å². The van der Waals surface area contributed by atoms with E-state index in [1.807, 2.05) is 12.1 Å². The van der Waals surface area contributed by atoms with Crippen molar-refractivity contribution in [1.82, 2.24) is 4.98 Å². The molecular weight excluding hydrogens is 196 g/mol. The van der Waals surface area contributed by atoms with Crippen LogP contribution in [0.25, 0.3) is 0 Å². The zero-order valence-corrected chi connectivity index (χ0v) is 8.93. The van der Waals surface area contributed by atoms with Crippen LogP contribution in [0, 0.1) is 5.92 Å². The first kappa shape index (κ1) is 9.78. The Balaban J connectivity index is 1.68. The van der Waals surface area contributed by atoms with E-state index in [1.54, 1.807) is 6.20 Å².